The normalized spacial score (nSPS) is 11.1. The average Bonchev–Trinajstić information content (AvgIpc) is 3.33. The highest BCUT2D eigenvalue weighted by molar-refractivity contribution is 6.02. The number of benzene rings is 10. The minimum absolute atomic E-state index is 1.08. The molecule has 0 amide bonds. The second-order valence-electron chi connectivity index (χ2n) is 14.9. The molecule has 0 bridgehead atoms. The van der Waals surface area contributed by atoms with Gasteiger partial charge in [-0.2, -0.15) is 0 Å². The quantitative estimate of drug-likeness (QED) is 0.142. The monoisotopic (exact) mass is 751 g/mol. The summed E-state index contributed by atoms with van der Waals surface area (Å²) >= 11 is 0. The topological polar surface area (TPSA) is 3.24 Å². The summed E-state index contributed by atoms with van der Waals surface area (Å²) in [7, 11) is 0. The SMILES string of the molecule is c1ccc(-c2cccc(-c3ccc(N(c4ccc(-c5cccc6ccccc56)cc4)c4cccc(-c5ccccc5)c4-c4ccccc4-c4ccccc4)cc3)c2)cc1. The van der Waals surface area contributed by atoms with Crippen molar-refractivity contribution in [3.63, 3.8) is 0 Å². The minimum Gasteiger partial charge on any atom is -0.310 e. The molecular formula is C58H41N. The van der Waals surface area contributed by atoms with Crippen molar-refractivity contribution >= 4 is 27.8 Å². The molecule has 0 fully saturated rings. The van der Waals surface area contributed by atoms with E-state index in [0.717, 1.165) is 17.1 Å². The molecular weight excluding hydrogens is 711 g/mol. The highest BCUT2D eigenvalue weighted by atomic mass is 15.1. The smallest absolute Gasteiger partial charge is 0.0546 e. The molecule has 0 saturated carbocycles. The molecule has 0 aliphatic carbocycles. The molecule has 1 nitrogen and oxygen atoms in total. The van der Waals surface area contributed by atoms with Crippen LogP contribution in [0.4, 0.5) is 17.1 Å². The van der Waals surface area contributed by atoms with Crippen LogP contribution < -0.4 is 4.90 Å². The van der Waals surface area contributed by atoms with E-state index in [9.17, 15) is 0 Å². The fourth-order valence-corrected chi connectivity index (χ4v) is 8.44. The van der Waals surface area contributed by atoms with Crippen LogP contribution in [0.15, 0.2) is 249 Å². The number of nitrogens with zero attached hydrogens (tertiary/aromatic N) is 1. The van der Waals surface area contributed by atoms with Crippen LogP contribution in [0, 0.1) is 0 Å². The van der Waals surface area contributed by atoms with Crippen molar-refractivity contribution in [2.24, 2.45) is 0 Å². The Morgan fingerprint density at radius 3 is 1.31 bits per heavy atom. The van der Waals surface area contributed by atoms with Gasteiger partial charge < -0.3 is 4.90 Å². The average molecular weight is 752 g/mol. The zero-order valence-corrected chi connectivity index (χ0v) is 32.6. The summed E-state index contributed by atoms with van der Waals surface area (Å²) in [6.07, 6.45) is 0. The fraction of sp³-hybridized carbons (Fsp3) is 0. The summed E-state index contributed by atoms with van der Waals surface area (Å²) < 4.78 is 0. The van der Waals surface area contributed by atoms with E-state index in [1.807, 2.05) is 0 Å². The van der Waals surface area contributed by atoms with Gasteiger partial charge in [-0.15, -0.1) is 0 Å². The first-order chi connectivity index (χ1) is 29.3. The van der Waals surface area contributed by atoms with E-state index in [-0.39, 0.29) is 0 Å². The molecule has 0 aliphatic rings. The molecule has 0 atom stereocenters. The molecule has 0 aliphatic heterocycles. The van der Waals surface area contributed by atoms with Crippen LogP contribution in [0.1, 0.15) is 0 Å². The molecule has 0 radical (unpaired) electrons. The molecule has 0 N–H and O–H groups in total. The van der Waals surface area contributed by atoms with E-state index in [4.69, 9.17) is 0 Å². The van der Waals surface area contributed by atoms with Crippen molar-refractivity contribution in [3.05, 3.63) is 249 Å². The molecule has 0 heterocycles. The summed E-state index contributed by atoms with van der Waals surface area (Å²) in [5, 5.41) is 2.49. The maximum atomic E-state index is 2.43. The van der Waals surface area contributed by atoms with Gasteiger partial charge in [0.25, 0.3) is 0 Å². The van der Waals surface area contributed by atoms with Gasteiger partial charge in [-0.3, -0.25) is 0 Å². The number of fused-ring (bicyclic) bond motifs is 1. The molecule has 59 heavy (non-hydrogen) atoms. The Balaban J connectivity index is 1.16. The number of anilines is 3. The van der Waals surface area contributed by atoms with E-state index in [1.165, 1.54) is 77.5 Å². The van der Waals surface area contributed by atoms with E-state index in [2.05, 4.69) is 254 Å². The highest BCUT2D eigenvalue weighted by Crippen LogP contribution is 2.48. The predicted octanol–water partition coefficient (Wildman–Crippen LogP) is 16.3. The van der Waals surface area contributed by atoms with E-state index in [1.54, 1.807) is 0 Å². The molecule has 0 saturated heterocycles. The van der Waals surface area contributed by atoms with Crippen LogP contribution in [-0.4, -0.2) is 0 Å². The summed E-state index contributed by atoms with van der Waals surface area (Å²) in [6.45, 7) is 0. The number of hydrogen-bond acceptors (Lipinski definition) is 1. The summed E-state index contributed by atoms with van der Waals surface area (Å²) in [5.74, 6) is 0. The fourth-order valence-electron chi connectivity index (χ4n) is 8.44. The first-order valence-electron chi connectivity index (χ1n) is 20.3. The van der Waals surface area contributed by atoms with Gasteiger partial charge in [-0.05, 0) is 108 Å². The van der Waals surface area contributed by atoms with Crippen molar-refractivity contribution in [2.75, 3.05) is 4.90 Å². The first kappa shape index (κ1) is 35.7. The van der Waals surface area contributed by atoms with Crippen molar-refractivity contribution in [3.8, 4) is 66.8 Å². The van der Waals surface area contributed by atoms with Crippen LogP contribution in [-0.2, 0) is 0 Å². The van der Waals surface area contributed by atoms with Crippen LogP contribution in [0.25, 0.3) is 77.5 Å². The van der Waals surface area contributed by atoms with Gasteiger partial charge in [0.1, 0.15) is 0 Å². The first-order valence-corrected chi connectivity index (χ1v) is 20.3. The van der Waals surface area contributed by atoms with Crippen molar-refractivity contribution < 1.29 is 0 Å². The summed E-state index contributed by atoms with van der Waals surface area (Å²) in [6, 6.07) is 89.9. The van der Waals surface area contributed by atoms with Crippen molar-refractivity contribution in [2.45, 2.75) is 0 Å². The van der Waals surface area contributed by atoms with Gasteiger partial charge >= 0.3 is 0 Å². The molecule has 278 valence electrons. The van der Waals surface area contributed by atoms with Gasteiger partial charge in [0.2, 0.25) is 0 Å². The molecule has 10 rings (SSSR count). The molecule has 10 aromatic carbocycles. The molecule has 10 aromatic rings. The third kappa shape index (κ3) is 7.12. The van der Waals surface area contributed by atoms with Crippen LogP contribution in [0.2, 0.25) is 0 Å². The lowest BCUT2D eigenvalue weighted by atomic mass is 9.87. The van der Waals surface area contributed by atoms with Crippen LogP contribution in [0.3, 0.4) is 0 Å². The Labute approximate surface area is 346 Å². The van der Waals surface area contributed by atoms with Gasteiger partial charge in [0.05, 0.1) is 5.69 Å². The van der Waals surface area contributed by atoms with Crippen molar-refractivity contribution in [1.82, 2.24) is 0 Å². The Morgan fingerprint density at radius 1 is 0.237 bits per heavy atom. The second-order valence-corrected chi connectivity index (χ2v) is 14.9. The molecule has 0 spiro atoms. The zero-order chi connectivity index (χ0) is 39.4. The molecule has 1 heteroatoms. The van der Waals surface area contributed by atoms with E-state index < -0.39 is 0 Å². The largest absolute Gasteiger partial charge is 0.310 e. The number of hydrogen-bond donors (Lipinski definition) is 0. The lowest BCUT2D eigenvalue weighted by molar-refractivity contribution is 1.28. The summed E-state index contributed by atoms with van der Waals surface area (Å²) in [5.41, 5.74) is 17.5. The maximum Gasteiger partial charge on any atom is 0.0546 e. The highest BCUT2D eigenvalue weighted by Gasteiger charge is 2.23. The molecule has 0 unspecified atom stereocenters. The Hall–Kier alpha value is -7.74. The van der Waals surface area contributed by atoms with Gasteiger partial charge in [0, 0.05) is 16.9 Å². The lowest BCUT2D eigenvalue weighted by Crippen LogP contribution is -2.12. The Kier molecular flexibility index (Phi) is 9.68. The van der Waals surface area contributed by atoms with E-state index in [0.29, 0.717) is 0 Å². The van der Waals surface area contributed by atoms with Crippen LogP contribution >= 0.6 is 0 Å². The maximum absolute atomic E-state index is 2.43. The Bertz CT molecular complexity index is 3000. The third-order valence-electron chi connectivity index (χ3n) is 11.3. The van der Waals surface area contributed by atoms with Gasteiger partial charge in [0.15, 0.2) is 0 Å². The van der Waals surface area contributed by atoms with E-state index >= 15 is 0 Å². The second kappa shape index (κ2) is 16.0. The lowest BCUT2D eigenvalue weighted by Gasteiger charge is -2.30. The predicted molar refractivity (Wildman–Crippen MR) is 251 cm³/mol. The third-order valence-corrected chi connectivity index (χ3v) is 11.3. The van der Waals surface area contributed by atoms with Crippen LogP contribution in [0.5, 0.6) is 0 Å². The number of rotatable bonds is 9. The minimum atomic E-state index is 1.08. The van der Waals surface area contributed by atoms with Crippen molar-refractivity contribution in [1.29, 1.82) is 0 Å². The van der Waals surface area contributed by atoms with Gasteiger partial charge in [-0.1, -0.05) is 212 Å². The molecule has 0 aromatic heterocycles. The summed E-state index contributed by atoms with van der Waals surface area (Å²) in [4.78, 5) is 2.43. The Morgan fingerprint density at radius 2 is 0.644 bits per heavy atom. The standard InChI is InChI=1S/C58H41N/c1-4-17-42(18-5-1)48-25-14-26-49(41-48)43-33-37-50(38-34-43)59(51-39-35-47(36-40-51)53-30-15-24-45-23-10-11-27-52(45)53)57-32-16-31-55(46-21-8-3-9-22-46)58(57)56-29-13-12-28-54(56)44-19-6-2-7-20-44/h1-41H. The zero-order valence-electron chi connectivity index (χ0n) is 32.6. The van der Waals surface area contributed by atoms with Gasteiger partial charge in [-0.25, -0.2) is 0 Å².